The van der Waals surface area contributed by atoms with E-state index in [1.54, 1.807) is 0 Å². The van der Waals surface area contributed by atoms with Crippen LogP contribution < -0.4 is 10.6 Å². The predicted octanol–water partition coefficient (Wildman–Crippen LogP) is 2.77. The van der Waals surface area contributed by atoms with Crippen molar-refractivity contribution in [3.63, 3.8) is 0 Å². The summed E-state index contributed by atoms with van der Waals surface area (Å²) in [7, 11) is 0. The van der Waals surface area contributed by atoms with E-state index < -0.39 is 0 Å². The molecule has 19 heavy (non-hydrogen) atoms. The molecule has 3 heteroatoms. The predicted molar refractivity (Wildman–Crippen MR) is 80.2 cm³/mol. The molecule has 106 valence electrons. The fourth-order valence-corrected chi connectivity index (χ4v) is 1.92. The Labute approximate surface area is 116 Å². The van der Waals surface area contributed by atoms with Gasteiger partial charge in [0.1, 0.15) is 0 Å². The van der Waals surface area contributed by atoms with Gasteiger partial charge in [0.05, 0.1) is 0 Å². The lowest BCUT2D eigenvalue weighted by atomic mass is 9.86. The third kappa shape index (κ3) is 5.43. The Balaban J connectivity index is 2.49. The summed E-state index contributed by atoms with van der Waals surface area (Å²) in [6, 6.07) is 9.04. The maximum absolute atomic E-state index is 10.8. The summed E-state index contributed by atoms with van der Waals surface area (Å²) >= 11 is 0. The molecule has 0 saturated carbocycles. The van der Waals surface area contributed by atoms with Crippen molar-refractivity contribution in [3.05, 3.63) is 35.4 Å². The van der Waals surface area contributed by atoms with Gasteiger partial charge in [0.2, 0.25) is 5.91 Å². The van der Waals surface area contributed by atoms with Gasteiger partial charge in [0.15, 0.2) is 0 Å². The average Bonchev–Trinajstić information content (AvgIpc) is 2.33. The average molecular weight is 262 g/mol. The topological polar surface area (TPSA) is 41.1 Å². The molecule has 1 atom stereocenters. The monoisotopic (exact) mass is 262 g/mol. The molecule has 0 radical (unpaired) electrons. The number of benzene rings is 1. The first-order valence-electron chi connectivity index (χ1n) is 6.89. The SMILES string of the molecule is CC(=O)NCCNC(C)c1ccc(C(C)(C)C)cc1. The minimum absolute atomic E-state index is 0.0176. The van der Waals surface area contributed by atoms with Gasteiger partial charge >= 0.3 is 0 Å². The summed E-state index contributed by atoms with van der Waals surface area (Å²) in [5.41, 5.74) is 2.82. The van der Waals surface area contributed by atoms with Gasteiger partial charge < -0.3 is 10.6 Å². The molecule has 0 aliphatic rings. The van der Waals surface area contributed by atoms with E-state index in [1.165, 1.54) is 18.1 Å². The van der Waals surface area contributed by atoms with Crippen molar-refractivity contribution in [1.29, 1.82) is 0 Å². The van der Waals surface area contributed by atoms with Crippen molar-refractivity contribution in [2.24, 2.45) is 0 Å². The van der Waals surface area contributed by atoms with Gasteiger partial charge in [0, 0.05) is 26.1 Å². The molecule has 0 bridgehead atoms. The molecule has 0 aliphatic heterocycles. The van der Waals surface area contributed by atoms with Crippen LogP contribution in [0.5, 0.6) is 0 Å². The van der Waals surface area contributed by atoms with Gasteiger partial charge in [-0.2, -0.15) is 0 Å². The summed E-state index contributed by atoms with van der Waals surface area (Å²) in [5.74, 6) is 0.0176. The number of rotatable bonds is 5. The molecule has 0 spiro atoms. The van der Waals surface area contributed by atoms with Crippen LogP contribution >= 0.6 is 0 Å². The van der Waals surface area contributed by atoms with Crippen molar-refractivity contribution < 1.29 is 4.79 Å². The second-order valence-electron chi connectivity index (χ2n) is 6.03. The van der Waals surface area contributed by atoms with Crippen LogP contribution in [0.2, 0.25) is 0 Å². The molecule has 0 heterocycles. The molecule has 1 aromatic carbocycles. The molecule has 0 aliphatic carbocycles. The first-order chi connectivity index (χ1) is 8.80. The Kier molecular flexibility index (Phi) is 5.55. The van der Waals surface area contributed by atoms with Gasteiger partial charge in [-0.05, 0) is 23.5 Å². The van der Waals surface area contributed by atoms with Gasteiger partial charge in [-0.15, -0.1) is 0 Å². The third-order valence-electron chi connectivity index (χ3n) is 3.23. The number of hydrogen-bond acceptors (Lipinski definition) is 2. The van der Waals surface area contributed by atoms with E-state index in [9.17, 15) is 4.79 Å². The quantitative estimate of drug-likeness (QED) is 0.801. The highest BCUT2D eigenvalue weighted by molar-refractivity contribution is 5.72. The van der Waals surface area contributed by atoms with E-state index in [-0.39, 0.29) is 11.3 Å². The summed E-state index contributed by atoms with van der Waals surface area (Å²) < 4.78 is 0. The smallest absolute Gasteiger partial charge is 0.216 e. The number of amides is 1. The maximum Gasteiger partial charge on any atom is 0.216 e. The molecule has 0 aromatic heterocycles. The summed E-state index contributed by atoms with van der Waals surface area (Å²) in [6.45, 7) is 11.8. The van der Waals surface area contributed by atoms with E-state index >= 15 is 0 Å². The molecule has 0 fully saturated rings. The van der Waals surface area contributed by atoms with E-state index in [0.717, 1.165) is 6.54 Å². The standard InChI is InChI=1S/C16H26N2O/c1-12(17-10-11-18-13(2)19)14-6-8-15(9-7-14)16(3,4)5/h6-9,12,17H,10-11H2,1-5H3,(H,18,19). The molecule has 3 nitrogen and oxygen atoms in total. The second-order valence-corrected chi connectivity index (χ2v) is 6.03. The Morgan fingerprint density at radius 1 is 1.16 bits per heavy atom. The Hall–Kier alpha value is -1.35. The highest BCUT2D eigenvalue weighted by Crippen LogP contribution is 2.23. The fraction of sp³-hybridized carbons (Fsp3) is 0.562. The molecule has 2 N–H and O–H groups in total. The maximum atomic E-state index is 10.8. The summed E-state index contributed by atoms with van der Waals surface area (Å²) in [6.07, 6.45) is 0. The number of carbonyl (C=O) groups excluding carboxylic acids is 1. The molecular formula is C16H26N2O. The molecule has 1 aromatic rings. The van der Waals surface area contributed by atoms with Gasteiger partial charge in [-0.25, -0.2) is 0 Å². The Morgan fingerprint density at radius 2 is 1.74 bits per heavy atom. The lowest BCUT2D eigenvalue weighted by Gasteiger charge is -2.20. The van der Waals surface area contributed by atoms with Crippen LogP contribution in [0.4, 0.5) is 0 Å². The van der Waals surface area contributed by atoms with Crippen LogP contribution in [0.15, 0.2) is 24.3 Å². The van der Waals surface area contributed by atoms with Crippen molar-refractivity contribution >= 4 is 5.91 Å². The van der Waals surface area contributed by atoms with Crippen LogP contribution in [0.1, 0.15) is 51.8 Å². The third-order valence-corrected chi connectivity index (χ3v) is 3.23. The Morgan fingerprint density at radius 3 is 2.21 bits per heavy atom. The fourth-order valence-electron chi connectivity index (χ4n) is 1.92. The van der Waals surface area contributed by atoms with Crippen molar-refractivity contribution in [3.8, 4) is 0 Å². The van der Waals surface area contributed by atoms with E-state index in [1.807, 2.05) is 0 Å². The van der Waals surface area contributed by atoms with Crippen LogP contribution in [0.3, 0.4) is 0 Å². The molecule has 0 saturated heterocycles. The van der Waals surface area contributed by atoms with Crippen LogP contribution in [0.25, 0.3) is 0 Å². The van der Waals surface area contributed by atoms with Crippen LogP contribution in [0, 0.1) is 0 Å². The van der Waals surface area contributed by atoms with Gasteiger partial charge in [0.25, 0.3) is 0 Å². The lowest BCUT2D eigenvalue weighted by Crippen LogP contribution is -2.31. The van der Waals surface area contributed by atoms with Gasteiger partial charge in [-0.3, -0.25) is 4.79 Å². The Bertz CT molecular complexity index is 404. The van der Waals surface area contributed by atoms with E-state index in [0.29, 0.717) is 12.6 Å². The van der Waals surface area contributed by atoms with Crippen LogP contribution in [-0.4, -0.2) is 19.0 Å². The second kappa shape index (κ2) is 6.71. The zero-order valence-corrected chi connectivity index (χ0v) is 12.7. The minimum Gasteiger partial charge on any atom is -0.355 e. The molecule has 1 rings (SSSR count). The molecule has 1 unspecified atom stereocenters. The van der Waals surface area contributed by atoms with Crippen molar-refractivity contribution in [1.82, 2.24) is 10.6 Å². The summed E-state index contributed by atoms with van der Waals surface area (Å²) in [4.78, 5) is 10.8. The normalized spacial score (nSPS) is 13.1. The van der Waals surface area contributed by atoms with Crippen molar-refractivity contribution in [2.75, 3.05) is 13.1 Å². The highest BCUT2D eigenvalue weighted by atomic mass is 16.1. The zero-order chi connectivity index (χ0) is 14.5. The zero-order valence-electron chi connectivity index (χ0n) is 12.7. The molecule has 1 amide bonds. The van der Waals surface area contributed by atoms with Crippen molar-refractivity contribution in [2.45, 2.75) is 46.1 Å². The number of carbonyl (C=O) groups is 1. The lowest BCUT2D eigenvalue weighted by molar-refractivity contribution is -0.118. The van der Waals surface area contributed by atoms with E-state index in [4.69, 9.17) is 0 Å². The van der Waals surface area contributed by atoms with E-state index in [2.05, 4.69) is 62.6 Å². The van der Waals surface area contributed by atoms with Gasteiger partial charge in [-0.1, -0.05) is 45.0 Å². The first-order valence-corrected chi connectivity index (χ1v) is 6.89. The minimum atomic E-state index is 0.0176. The molecular weight excluding hydrogens is 236 g/mol. The first kappa shape index (κ1) is 15.7. The number of nitrogens with one attached hydrogen (secondary N) is 2. The van der Waals surface area contributed by atoms with Crippen LogP contribution in [-0.2, 0) is 10.2 Å². The number of hydrogen-bond donors (Lipinski definition) is 2. The highest BCUT2D eigenvalue weighted by Gasteiger charge is 2.13. The summed E-state index contributed by atoms with van der Waals surface area (Å²) in [5, 5.41) is 6.18. The largest absolute Gasteiger partial charge is 0.355 e.